The summed E-state index contributed by atoms with van der Waals surface area (Å²) < 4.78 is 10.2. The standard InChI is InChI=1S/C17H26N2O4/c1-22-10-8-18-13-17(21)7-4-9-19(16(17)20)12-14-5-3-6-15(11-14)23-2/h3,5-6,11,18,21H,4,7-10,12-13H2,1-2H3. The van der Waals surface area contributed by atoms with E-state index in [9.17, 15) is 9.90 Å². The minimum absolute atomic E-state index is 0.212. The summed E-state index contributed by atoms with van der Waals surface area (Å²) in [5, 5.41) is 13.8. The van der Waals surface area contributed by atoms with Gasteiger partial charge in [0, 0.05) is 33.3 Å². The number of rotatable bonds is 8. The SMILES string of the molecule is COCCNCC1(O)CCCN(Cc2cccc(OC)c2)C1=O. The molecular formula is C17H26N2O4. The molecule has 1 heterocycles. The van der Waals surface area contributed by atoms with Crippen LogP contribution in [0.1, 0.15) is 18.4 Å². The Balaban J connectivity index is 1.98. The van der Waals surface area contributed by atoms with Crippen LogP contribution in [0.15, 0.2) is 24.3 Å². The third-order valence-corrected chi connectivity index (χ3v) is 4.11. The smallest absolute Gasteiger partial charge is 0.256 e. The van der Waals surface area contributed by atoms with Crippen molar-refractivity contribution < 1.29 is 19.4 Å². The maximum atomic E-state index is 12.6. The number of methoxy groups -OCH3 is 2. The number of nitrogens with zero attached hydrogens (tertiary/aromatic N) is 1. The van der Waals surface area contributed by atoms with Gasteiger partial charge in [-0.1, -0.05) is 12.1 Å². The van der Waals surface area contributed by atoms with E-state index in [1.165, 1.54) is 0 Å². The molecular weight excluding hydrogens is 296 g/mol. The topological polar surface area (TPSA) is 71.0 Å². The monoisotopic (exact) mass is 322 g/mol. The van der Waals surface area contributed by atoms with Gasteiger partial charge in [0.05, 0.1) is 13.7 Å². The van der Waals surface area contributed by atoms with E-state index < -0.39 is 5.60 Å². The van der Waals surface area contributed by atoms with Gasteiger partial charge in [-0.2, -0.15) is 0 Å². The summed E-state index contributed by atoms with van der Waals surface area (Å²) in [5.41, 5.74) is -0.334. The Bertz CT molecular complexity index is 523. The number of nitrogens with one attached hydrogen (secondary N) is 1. The number of amides is 1. The van der Waals surface area contributed by atoms with Crippen LogP contribution in [0.5, 0.6) is 5.75 Å². The lowest BCUT2D eigenvalue weighted by atomic mass is 9.91. The molecule has 1 atom stereocenters. The third kappa shape index (κ3) is 4.67. The van der Waals surface area contributed by atoms with E-state index in [2.05, 4.69) is 5.32 Å². The molecule has 1 saturated heterocycles. The summed E-state index contributed by atoms with van der Waals surface area (Å²) in [7, 11) is 3.24. The number of carbonyl (C=O) groups is 1. The minimum atomic E-state index is -1.33. The molecule has 1 aromatic carbocycles. The molecule has 0 saturated carbocycles. The van der Waals surface area contributed by atoms with Crippen LogP contribution in [0.25, 0.3) is 0 Å². The first-order valence-electron chi connectivity index (χ1n) is 7.93. The van der Waals surface area contributed by atoms with E-state index in [4.69, 9.17) is 9.47 Å². The van der Waals surface area contributed by atoms with Gasteiger partial charge >= 0.3 is 0 Å². The fourth-order valence-corrected chi connectivity index (χ4v) is 2.84. The fourth-order valence-electron chi connectivity index (χ4n) is 2.84. The van der Waals surface area contributed by atoms with E-state index in [0.717, 1.165) is 17.7 Å². The lowest BCUT2D eigenvalue weighted by molar-refractivity contribution is -0.157. The summed E-state index contributed by atoms with van der Waals surface area (Å²) in [5.74, 6) is 0.555. The summed E-state index contributed by atoms with van der Waals surface area (Å²) >= 11 is 0. The maximum Gasteiger partial charge on any atom is 0.256 e. The summed E-state index contributed by atoms with van der Waals surface area (Å²) in [6.45, 7) is 2.57. The quantitative estimate of drug-likeness (QED) is 0.692. The van der Waals surface area contributed by atoms with E-state index in [-0.39, 0.29) is 12.5 Å². The van der Waals surface area contributed by atoms with Gasteiger partial charge in [0.1, 0.15) is 5.75 Å². The van der Waals surface area contributed by atoms with Crippen molar-refractivity contribution in [3.8, 4) is 5.75 Å². The van der Waals surface area contributed by atoms with Crippen molar-refractivity contribution in [1.82, 2.24) is 10.2 Å². The van der Waals surface area contributed by atoms with Crippen molar-refractivity contribution in [1.29, 1.82) is 0 Å². The zero-order valence-corrected chi connectivity index (χ0v) is 13.9. The highest BCUT2D eigenvalue weighted by atomic mass is 16.5. The van der Waals surface area contributed by atoms with Crippen LogP contribution in [0.2, 0.25) is 0 Å². The summed E-state index contributed by atoms with van der Waals surface area (Å²) in [4.78, 5) is 14.4. The number of benzene rings is 1. The number of likely N-dealkylation sites (tertiary alicyclic amines) is 1. The van der Waals surface area contributed by atoms with Gasteiger partial charge in [0.2, 0.25) is 0 Å². The fraction of sp³-hybridized carbons (Fsp3) is 0.588. The number of aliphatic hydroxyl groups is 1. The molecule has 6 nitrogen and oxygen atoms in total. The van der Waals surface area contributed by atoms with Crippen molar-refractivity contribution in [2.75, 3.05) is 40.5 Å². The van der Waals surface area contributed by atoms with Gasteiger partial charge < -0.3 is 24.8 Å². The van der Waals surface area contributed by atoms with Gasteiger partial charge in [-0.25, -0.2) is 0 Å². The second-order valence-electron chi connectivity index (χ2n) is 5.88. The first-order chi connectivity index (χ1) is 11.1. The second-order valence-corrected chi connectivity index (χ2v) is 5.88. The lowest BCUT2D eigenvalue weighted by Crippen LogP contribution is -2.57. The van der Waals surface area contributed by atoms with Gasteiger partial charge in [-0.15, -0.1) is 0 Å². The molecule has 1 aliphatic heterocycles. The average molecular weight is 322 g/mol. The van der Waals surface area contributed by atoms with Crippen LogP contribution in [-0.4, -0.2) is 62.0 Å². The van der Waals surface area contributed by atoms with Crippen LogP contribution in [0.3, 0.4) is 0 Å². The molecule has 6 heteroatoms. The highest BCUT2D eigenvalue weighted by molar-refractivity contribution is 5.86. The molecule has 0 spiro atoms. The van der Waals surface area contributed by atoms with Crippen LogP contribution in [0, 0.1) is 0 Å². The molecule has 23 heavy (non-hydrogen) atoms. The Morgan fingerprint density at radius 2 is 2.22 bits per heavy atom. The highest BCUT2D eigenvalue weighted by Crippen LogP contribution is 2.24. The number of ether oxygens (including phenoxy) is 2. The van der Waals surface area contributed by atoms with Crippen molar-refractivity contribution in [3.05, 3.63) is 29.8 Å². The zero-order valence-electron chi connectivity index (χ0n) is 13.9. The number of hydrogen-bond acceptors (Lipinski definition) is 5. The summed E-state index contributed by atoms with van der Waals surface area (Å²) in [6, 6.07) is 7.65. The van der Waals surface area contributed by atoms with E-state index in [1.807, 2.05) is 24.3 Å². The molecule has 1 aromatic rings. The zero-order chi connectivity index (χ0) is 16.7. The Morgan fingerprint density at radius 1 is 1.39 bits per heavy atom. The third-order valence-electron chi connectivity index (χ3n) is 4.11. The molecule has 1 fully saturated rings. The molecule has 1 amide bonds. The minimum Gasteiger partial charge on any atom is -0.497 e. The number of carbonyl (C=O) groups excluding carboxylic acids is 1. The van der Waals surface area contributed by atoms with E-state index >= 15 is 0 Å². The lowest BCUT2D eigenvalue weighted by Gasteiger charge is -2.38. The highest BCUT2D eigenvalue weighted by Gasteiger charge is 2.41. The molecule has 0 aromatic heterocycles. The van der Waals surface area contributed by atoms with Gasteiger partial charge in [0.15, 0.2) is 5.60 Å². The normalized spacial score (nSPS) is 21.5. The van der Waals surface area contributed by atoms with Crippen LogP contribution in [-0.2, 0) is 16.1 Å². The molecule has 2 rings (SSSR count). The van der Waals surface area contributed by atoms with Gasteiger partial charge in [-0.3, -0.25) is 4.79 Å². The molecule has 1 unspecified atom stereocenters. The largest absolute Gasteiger partial charge is 0.497 e. The first kappa shape index (κ1) is 17.7. The average Bonchev–Trinajstić information content (AvgIpc) is 2.56. The number of hydrogen-bond donors (Lipinski definition) is 2. The molecule has 128 valence electrons. The van der Waals surface area contributed by atoms with Crippen LogP contribution in [0.4, 0.5) is 0 Å². The van der Waals surface area contributed by atoms with Crippen molar-refractivity contribution in [2.24, 2.45) is 0 Å². The molecule has 0 bridgehead atoms. The van der Waals surface area contributed by atoms with Crippen molar-refractivity contribution >= 4 is 5.91 Å². The summed E-state index contributed by atoms with van der Waals surface area (Å²) in [6.07, 6.45) is 1.28. The van der Waals surface area contributed by atoms with Crippen molar-refractivity contribution in [2.45, 2.75) is 25.0 Å². The van der Waals surface area contributed by atoms with Crippen LogP contribution >= 0.6 is 0 Å². The predicted molar refractivity (Wildman–Crippen MR) is 87.3 cm³/mol. The molecule has 1 aliphatic rings. The van der Waals surface area contributed by atoms with E-state index in [0.29, 0.717) is 32.7 Å². The van der Waals surface area contributed by atoms with Gasteiger partial charge in [-0.05, 0) is 30.5 Å². The Hall–Kier alpha value is -1.63. The molecule has 0 radical (unpaired) electrons. The van der Waals surface area contributed by atoms with Gasteiger partial charge in [0.25, 0.3) is 5.91 Å². The molecule has 0 aliphatic carbocycles. The second kappa shape index (κ2) is 8.29. The predicted octanol–water partition coefficient (Wildman–Crippen LogP) is 0.785. The number of piperidine rings is 1. The Morgan fingerprint density at radius 3 is 2.96 bits per heavy atom. The van der Waals surface area contributed by atoms with Crippen LogP contribution < -0.4 is 10.1 Å². The Labute approximate surface area is 137 Å². The Kier molecular flexibility index (Phi) is 6.38. The van der Waals surface area contributed by atoms with Crippen molar-refractivity contribution in [3.63, 3.8) is 0 Å². The van der Waals surface area contributed by atoms with E-state index in [1.54, 1.807) is 19.1 Å². The molecule has 2 N–H and O–H groups in total. The first-order valence-corrected chi connectivity index (χ1v) is 7.93. The maximum absolute atomic E-state index is 12.6.